The highest BCUT2D eigenvalue weighted by molar-refractivity contribution is 9.10. The van der Waals surface area contributed by atoms with E-state index in [9.17, 15) is 14.9 Å². The molecule has 1 aromatic rings. The SMILES string of the molecule is CCNC(=O)CCNc1cc(Br)ccc1[N+](=O)[O-]. The number of nitrogens with zero attached hydrogens (tertiary/aromatic N) is 1. The van der Waals surface area contributed by atoms with Crippen molar-refractivity contribution in [1.29, 1.82) is 0 Å². The van der Waals surface area contributed by atoms with Crippen LogP contribution in [-0.4, -0.2) is 23.9 Å². The van der Waals surface area contributed by atoms with Crippen molar-refractivity contribution < 1.29 is 9.72 Å². The Morgan fingerprint density at radius 1 is 1.50 bits per heavy atom. The van der Waals surface area contributed by atoms with Gasteiger partial charge in [0.1, 0.15) is 5.69 Å². The molecule has 0 heterocycles. The minimum absolute atomic E-state index is 0.00546. The highest BCUT2D eigenvalue weighted by atomic mass is 79.9. The molecule has 6 nitrogen and oxygen atoms in total. The van der Waals surface area contributed by atoms with E-state index in [1.54, 1.807) is 12.1 Å². The van der Waals surface area contributed by atoms with Crippen LogP contribution in [-0.2, 0) is 4.79 Å². The number of hydrogen-bond donors (Lipinski definition) is 2. The number of anilines is 1. The van der Waals surface area contributed by atoms with E-state index in [0.29, 0.717) is 18.8 Å². The van der Waals surface area contributed by atoms with Crippen molar-refractivity contribution in [3.63, 3.8) is 0 Å². The first-order valence-electron chi connectivity index (χ1n) is 5.49. The second-order valence-electron chi connectivity index (χ2n) is 3.55. The summed E-state index contributed by atoms with van der Waals surface area (Å²) in [5.41, 5.74) is 0.396. The molecular weight excluding hydrogens is 302 g/mol. The van der Waals surface area contributed by atoms with Crippen LogP contribution < -0.4 is 10.6 Å². The second-order valence-corrected chi connectivity index (χ2v) is 4.46. The fourth-order valence-electron chi connectivity index (χ4n) is 1.41. The van der Waals surface area contributed by atoms with Crippen LogP contribution in [0, 0.1) is 10.1 Å². The molecular formula is C11H14BrN3O3. The number of carbonyl (C=O) groups is 1. The van der Waals surface area contributed by atoms with E-state index >= 15 is 0 Å². The fraction of sp³-hybridized carbons (Fsp3) is 0.364. The Morgan fingerprint density at radius 3 is 2.83 bits per heavy atom. The normalized spacial score (nSPS) is 9.89. The molecule has 0 radical (unpaired) electrons. The largest absolute Gasteiger partial charge is 0.379 e. The van der Waals surface area contributed by atoms with Crippen molar-refractivity contribution in [3.05, 3.63) is 32.8 Å². The van der Waals surface area contributed by atoms with Crippen LogP contribution in [0.5, 0.6) is 0 Å². The lowest BCUT2D eigenvalue weighted by Gasteiger charge is -2.07. The van der Waals surface area contributed by atoms with Gasteiger partial charge in [-0.05, 0) is 19.1 Å². The van der Waals surface area contributed by atoms with E-state index < -0.39 is 4.92 Å². The lowest BCUT2D eigenvalue weighted by molar-refractivity contribution is -0.384. The fourth-order valence-corrected chi connectivity index (χ4v) is 1.77. The average Bonchev–Trinajstić information content (AvgIpc) is 2.29. The third kappa shape index (κ3) is 4.33. The Bertz CT molecular complexity index is 451. The Balaban J connectivity index is 2.63. The Hall–Kier alpha value is -1.63. The van der Waals surface area contributed by atoms with Gasteiger partial charge in [-0.15, -0.1) is 0 Å². The summed E-state index contributed by atoms with van der Waals surface area (Å²) in [5, 5.41) is 16.4. The van der Waals surface area contributed by atoms with Crippen LogP contribution in [0.15, 0.2) is 22.7 Å². The van der Waals surface area contributed by atoms with Crippen LogP contribution in [0.3, 0.4) is 0 Å². The van der Waals surface area contributed by atoms with Crippen LogP contribution >= 0.6 is 15.9 Å². The summed E-state index contributed by atoms with van der Waals surface area (Å²) in [6.45, 7) is 2.77. The first-order valence-corrected chi connectivity index (χ1v) is 6.28. The number of carbonyl (C=O) groups excluding carboxylic acids is 1. The molecule has 7 heteroatoms. The van der Waals surface area contributed by atoms with Gasteiger partial charge in [-0.25, -0.2) is 0 Å². The van der Waals surface area contributed by atoms with E-state index in [-0.39, 0.29) is 18.0 Å². The molecule has 0 aromatic heterocycles. The number of nitro benzene ring substituents is 1. The molecule has 0 aliphatic heterocycles. The summed E-state index contributed by atoms with van der Waals surface area (Å²) < 4.78 is 0.744. The summed E-state index contributed by atoms with van der Waals surface area (Å²) >= 11 is 3.25. The first kappa shape index (κ1) is 14.4. The second kappa shape index (κ2) is 6.95. The molecule has 0 unspecified atom stereocenters. The Morgan fingerprint density at radius 2 is 2.22 bits per heavy atom. The molecule has 0 atom stereocenters. The van der Waals surface area contributed by atoms with Crippen LogP contribution in [0.2, 0.25) is 0 Å². The molecule has 1 amide bonds. The molecule has 0 fully saturated rings. The third-order valence-corrected chi connectivity index (χ3v) is 2.69. The molecule has 0 saturated carbocycles. The zero-order chi connectivity index (χ0) is 13.5. The van der Waals surface area contributed by atoms with Crippen LogP contribution in [0.1, 0.15) is 13.3 Å². The van der Waals surface area contributed by atoms with E-state index in [0.717, 1.165) is 4.47 Å². The maximum absolute atomic E-state index is 11.2. The topological polar surface area (TPSA) is 84.3 Å². The van der Waals surface area contributed by atoms with Crippen molar-refractivity contribution >= 4 is 33.2 Å². The smallest absolute Gasteiger partial charge is 0.292 e. The number of nitrogens with one attached hydrogen (secondary N) is 2. The molecule has 1 aromatic carbocycles. The number of rotatable bonds is 6. The van der Waals surface area contributed by atoms with Crippen molar-refractivity contribution in [2.75, 3.05) is 18.4 Å². The van der Waals surface area contributed by atoms with Gasteiger partial charge in [0.2, 0.25) is 5.91 Å². The molecule has 1 rings (SSSR count). The van der Waals surface area contributed by atoms with Gasteiger partial charge in [-0.3, -0.25) is 14.9 Å². The first-order chi connectivity index (χ1) is 8.54. The van der Waals surface area contributed by atoms with Gasteiger partial charge in [0.15, 0.2) is 0 Å². The van der Waals surface area contributed by atoms with Crippen molar-refractivity contribution in [3.8, 4) is 0 Å². The van der Waals surface area contributed by atoms with Gasteiger partial charge in [-0.1, -0.05) is 15.9 Å². The number of hydrogen-bond acceptors (Lipinski definition) is 4. The van der Waals surface area contributed by atoms with Gasteiger partial charge in [0.25, 0.3) is 5.69 Å². The Labute approximate surface area is 113 Å². The van der Waals surface area contributed by atoms with Gasteiger partial charge >= 0.3 is 0 Å². The predicted octanol–water partition coefficient (Wildman–Crippen LogP) is 2.30. The Kier molecular flexibility index (Phi) is 5.57. The van der Waals surface area contributed by atoms with Crippen LogP contribution in [0.25, 0.3) is 0 Å². The highest BCUT2D eigenvalue weighted by Gasteiger charge is 2.13. The lowest BCUT2D eigenvalue weighted by Crippen LogP contribution is -2.24. The predicted molar refractivity (Wildman–Crippen MR) is 72.6 cm³/mol. The van der Waals surface area contributed by atoms with Gasteiger partial charge in [-0.2, -0.15) is 0 Å². The number of halogens is 1. The van der Waals surface area contributed by atoms with Crippen molar-refractivity contribution in [1.82, 2.24) is 5.32 Å². The standard InChI is InChI=1S/C11H14BrN3O3/c1-2-13-11(16)5-6-14-9-7-8(12)3-4-10(9)15(17)18/h3-4,7,14H,2,5-6H2,1H3,(H,13,16). The van der Waals surface area contributed by atoms with Gasteiger partial charge < -0.3 is 10.6 Å². The molecule has 0 bridgehead atoms. The monoisotopic (exact) mass is 315 g/mol. The summed E-state index contributed by atoms with van der Waals surface area (Å²) in [5.74, 6) is -0.0809. The highest BCUT2D eigenvalue weighted by Crippen LogP contribution is 2.27. The number of amides is 1. The number of nitro groups is 1. The zero-order valence-electron chi connectivity index (χ0n) is 9.90. The molecule has 18 heavy (non-hydrogen) atoms. The summed E-state index contributed by atoms with van der Waals surface area (Å²) in [6, 6.07) is 4.64. The van der Waals surface area contributed by atoms with E-state index in [1.165, 1.54) is 6.07 Å². The van der Waals surface area contributed by atoms with E-state index in [2.05, 4.69) is 26.6 Å². The minimum atomic E-state index is -0.457. The third-order valence-electron chi connectivity index (χ3n) is 2.20. The molecule has 0 aliphatic carbocycles. The minimum Gasteiger partial charge on any atom is -0.379 e. The molecule has 98 valence electrons. The van der Waals surface area contributed by atoms with Crippen molar-refractivity contribution in [2.24, 2.45) is 0 Å². The lowest BCUT2D eigenvalue weighted by atomic mass is 10.2. The molecule has 2 N–H and O–H groups in total. The quantitative estimate of drug-likeness (QED) is 0.623. The van der Waals surface area contributed by atoms with E-state index in [4.69, 9.17) is 0 Å². The van der Waals surface area contributed by atoms with Gasteiger partial charge in [0.05, 0.1) is 4.92 Å². The average molecular weight is 316 g/mol. The molecule has 0 aliphatic rings. The zero-order valence-corrected chi connectivity index (χ0v) is 11.5. The summed E-state index contributed by atoms with van der Waals surface area (Å²) in [7, 11) is 0. The number of benzene rings is 1. The molecule has 0 spiro atoms. The van der Waals surface area contributed by atoms with Crippen molar-refractivity contribution in [2.45, 2.75) is 13.3 Å². The van der Waals surface area contributed by atoms with E-state index in [1.807, 2.05) is 6.92 Å². The summed E-state index contributed by atoms with van der Waals surface area (Å²) in [4.78, 5) is 21.6. The summed E-state index contributed by atoms with van der Waals surface area (Å²) in [6.07, 6.45) is 0.275. The van der Waals surface area contributed by atoms with Crippen LogP contribution in [0.4, 0.5) is 11.4 Å². The molecule has 0 saturated heterocycles. The maximum atomic E-state index is 11.2. The van der Waals surface area contributed by atoms with Gasteiger partial charge in [0, 0.05) is 30.0 Å². The maximum Gasteiger partial charge on any atom is 0.292 e.